The van der Waals surface area contributed by atoms with Crippen molar-refractivity contribution >= 4 is 33.8 Å². The summed E-state index contributed by atoms with van der Waals surface area (Å²) in [4.78, 5) is 45.0. The summed E-state index contributed by atoms with van der Waals surface area (Å²) in [5, 5.41) is 2.27. The third kappa shape index (κ3) is 7.65. The number of aryl methyl sites for hydroxylation is 1. The first-order valence-corrected chi connectivity index (χ1v) is 18.3. The number of aromatic nitrogens is 3. The Morgan fingerprint density at radius 3 is 2.52 bits per heavy atom. The molecule has 50 heavy (non-hydrogen) atoms. The highest BCUT2D eigenvalue weighted by Gasteiger charge is 2.30. The lowest BCUT2D eigenvalue weighted by atomic mass is 9.90. The Bertz CT molecular complexity index is 1800. The molecular weight excluding hydrogens is 630 g/mol. The van der Waals surface area contributed by atoms with Gasteiger partial charge < -0.3 is 23.8 Å². The number of nitrogens with zero attached hydrogens (tertiary/aromatic N) is 7. The lowest BCUT2D eigenvalue weighted by Gasteiger charge is -2.37. The topological polar surface area (TPSA) is 96.3 Å². The van der Waals surface area contributed by atoms with Gasteiger partial charge in [-0.25, -0.2) is 4.79 Å². The fourth-order valence-corrected chi connectivity index (χ4v) is 7.86. The molecule has 0 saturated carbocycles. The van der Waals surface area contributed by atoms with E-state index in [2.05, 4.69) is 50.8 Å². The first-order valence-electron chi connectivity index (χ1n) is 18.3. The van der Waals surface area contributed by atoms with Crippen LogP contribution in [0.2, 0.25) is 0 Å². The van der Waals surface area contributed by atoms with Gasteiger partial charge in [-0.05, 0) is 76.8 Å². The van der Waals surface area contributed by atoms with E-state index in [1.807, 2.05) is 49.0 Å². The van der Waals surface area contributed by atoms with Gasteiger partial charge in [-0.15, -0.1) is 0 Å². The van der Waals surface area contributed by atoms with Crippen LogP contribution in [0, 0.1) is 0 Å². The normalized spacial score (nSPS) is 18.9. The second-order valence-corrected chi connectivity index (χ2v) is 14.8. The summed E-state index contributed by atoms with van der Waals surface area (Å²) in [6, 6.07) is 14.9. The highest BCUT2D eigenvalue weighted by atomic mass is 16.6. The number of rotatable bonds is 9. The van der Waals surface area contributed by atoms with Crippen molar-refractivity contribution in [2.45, 2.75) is 71.2 Å². The third-order valence-corrected chi connectivity index (χ3v) is 10.3. The lowest BCUT2D eigenvalue weighted by Crippen LogP contribution is -2.50. The van der Waals surface area contributed by atoms with Gasteiger partial charge in [0.2, 0.25) is 5.91 Å². The molecule has 3 aromatic heterocycles. The molecule has 1 aliphatic carbocycles. The van der Waals surface area contributed by atoms with Crippen LogP contribution in [-0.4, -0.2) is 117 Å². The zero-order chi connectivity index (χ0) is 34.7. The van der Waals surface area contributed by atoms with E-state index in [1.54, 1.807) is 0 Å². The molecule has 0 unspecified atom stereocenters. The Hall–Kier alpha value is -4.06. The van der Waals surface area contributed by atoms with Gasteiger partial charge in [0.1, 0.15) is 12.1 Å². The number of benzene rings is 1. The van der Waals surface area contributed by atoms with E-state index < -0.39 is 5.60 Å². The van der Waals surface area contributed by atoms with Crippen LogP contribution in [0.4, 0.5) is 4.79 Å². The number of ether oxygens (including phenoxy) is 2. The molecule has 2 saturated heterocycles. The van der Waals surface area contributed by atoms with E-state index in [4.69, 9.17) is 19.4 Å². The van der Waals surface area contributed by atoms with Crippen LogP contribution in [0.15, 0.2) is 54.9 Å². The number of hydrogen-bond donors (Lipinski definition) is 0. The molecule has 1 atom stereocenters. The minimum atomic E-state index is -0.490. The highest BCUT2D eigenvalue weighted by molar-refractivity contribution is 6.09. The molecule has 1 aromatic carbocycles. The van der Waals surface area contributed by atoms with Crippen molar-refractivity contribution < 1.29 is 19.1 Å². The molecule has 4 aromatic rings. The van der Waals surface area contributed by atoms with Gasteiger partial charge in [-0.3, -0.25) is 24.6 Å². The number of carbonyl (C=O) groups is 2. The maximum absolute atomic E-state index is 13.7. The van der Waals surface area contributed by atoms with E-state index >= 15 is 0 Å². The molecule has 0 radical (unpaired) electrons. The first-order chi connectivity index (χ1) is 24.2. The number of pyridine rings is 2. The lowest BCUT2D eigenvalue weighted by molar-refractivity contribution is -0.135. The predicted octanol–water partition coefficient (Wildman–Crippen LogP) is 5.27. The van der Waals surface area contributed by atoms with Gasteiger partial charge in [0.25, 0.3) is 0 Å². The molecule has 0 spiro atoms. The number of morpholine rings is 1. The van der Waals surface area contributed by atoms with Crippen LogP contribution in [-0.2, 0) is 33.8 Å². The van der Waals surface area contributed by atoms with Crippen molar-refractivity contribution in [2.75, 3.05) is 65.6 Å². The van der Waals surface area contributed by atoms with Crippen LogP contribution in [0.1, 0.15) is 63.0 Å². The molecule has 11 heteroatoms. The van der Waals surface area contributed by atoms with Gasteiger partial charge in [0, 0.05) is 81.0 Å². The van der Waals surface area contributed by atoms with E-state index in [0.717, 1.165) is 79.4 Å². The van der Waals surface area contributed by atoms with Gasteiger partial charge in [0.15, 0.2) is 0 Å². The SMILES string of the molecule is CC(C)(C)OC(=O)N1CCN(CCCN(Cc2nccc3c4ccccc4n(CC(=O)N4CCOCC4)c23)[C@H]2CCCc3cccnc32)CC1. The quantitative estimate of drug-likeness (QED) is 0.236. The van der Waals surface area contributed by atoms with Crippen molar-refractivity contribution in [3.63, 3.8) is 0 Å². The van der Waals surface area contributed by atoms with Crippen LogP contribution in [0.25, 0.3) is 21.8 Å². The minimum absolute atomic E-state index is 0.111. The van der Waals surface area contributed by atoms with E-state index in [0.29, 0.717) is 45.9 Å². The maximum Gasteiger partial charge on any atom is 0.410 e. The summed E-state index contributed by atoms with van der Waals surface area (Å²) < 4.78 is 13.3. The second kappa shape index (κ2) is 15.0. The van der Waals surface area contributed by atoms with Crippen LogP contribution in [0.3, 0.4) is 0 Å². The number of fused-ring (bicyclic) bond motifs is 4. The summed E-state index contributed by atoms with van der Waals surface area (Å²) in [5.41, 5.74) is 5.11. The van der Waals surface area contributed by atoms with Gasteiger partial charge in [-0.1, -0.05) is 24.3 Å². The number of hydrogen-bond acceptors (Lipinski definition) is 8. The summed E-state index contributed by atoms with van der Waals surface area (Å²) >= 11 is 0. The molecule has 2 aliphatic heterocycles. The van der Waals surface area contributed by atoms with Crippen molar-refractivity contribution in [1.29, 1.82) is 0 Å². The van der Waals surface area contributed by atoms with Crippen LogP contribution < -0.4 is 0 Å². The highest BCUT2D eigenvalue weighted by Crippen LogP contribution is 2.36. The van der Waals surface area contributed by atoms with Crippen molar-refractivity contribution in [2.24, 2.45) is 0 Å². The zero-order valence-electron chi connectivity index (χ0n) is 29.9. The van der Waals surface area contributed by atoms with E-state index in [1.165, 1.54) is 11.3 Å². The number of amides is 2. The fourth-order valence-electron chi connectivity index (χ4n) is 7.86. The van der Waals surface area contributed by atoms with Crippen molar-refractivity contribution in [3.05, 3.63) is 71.8 Å². The first kappa shape index (κ1) is 34.4. The summed E-state index contributed by atoms with van der Waals surface area (Å²) in [5.74, 6) is 0.111. The molecule has 266 valence electrons. The van der Waals surface area contributed by atoms with Crippen molar-refractivity contribution in [1.82, 2.24) is 34.1 Å². The molecular formula is C39H51N7O4. The maximum atomic E-state index is 13.7. The molecule has 7 rings (SSSR count). The number of piperazine rings is 1. The molecule has 0 bridgehead atoms. The number of carbonyl (C=O) groups excluding carboxylic acids is 2. The Morgan fingerprint density at radius 2 is 1.72 bits per heavy atom. The fraction of sp³-hybridized carbons (Fsp3) is 0.538. The predicted molar refractivity (Wildman–Crippen MR) is 194 cm³/mol. The second-order valence-electron chi connectivity index (χ2n) is 14.8. The standard InChI is InChI=1S/C39H51N7O4/c1-39(2,3)50-38(48)44-21-19-42(20-22-44)17-8-18-45(34-13-6-9-29-10-7-15-41-36(29)34)27-32-37-31(14-16-40-32)30-11-4-5-12-33(30)46(37)28-35(47)43-23-25-49-26-24-43/h4-5,7,10-12,14-16,34H,6,8-9,13,17-28H2,1-3H3/t34-/m0/s1. The molecule has 2 fully saturated rings. The monoisotopic (exact) mass is 681 g/mol. The van der Waals surface area contributed by atoms with Crippen molar-refractivity contribution in [3.8, 4) is 0 Å². The zero-order valence-corrected chi connectivity index (χ0v) is 29.9. The summed E-state index contributed by atoms with van der Waals surface area (Å²) in [6.07, 6.45) is 7.84. The Balaban J connectivity index is 1.14. The third-order valence-electron chi connectivity index (χ3n) is 10.3. The van der Waals surface area contributed by atoms with Gasteiger partial charge in [-0.2, -0.15) is 0 Å². The van der Waals surface area contributed by atoms with Gasteiger partial charge in [0.05, 0.1) is 36.2 Å². The Morgan fingerprint density at radius 1 is 0.920 bits per heavy atom. The van der Waals surface area contributed by atoms with E-state index in [-0.39, 0.29) is 24.6 Å². The molecule has 3 aliphatic rings. The Kier molecular flexibility index (Phi) is 10.3. The average molecular weight is 682 g/mol. The summed E-state index contributed by atoms with van der Waals surface area (Å²) in [7, 11) is 0. The average Bonchev–Trinajstić information content (AvgIpc) is 3.44. The van der Waals surface area contributed by atoms with Crippen LogP contribution >= 0.6 is 0 Å². The largest absolute Gasteiger partial charge is 0.444 e. The summed E-state index contributed by atoms with van der Waals surface area (Å²) in [6.45, 7) is 13.9. The minimum Gasteiger partial charge on any atom is -0.444 e. The Labute approximate surface area is 295 Å². The van der Waals surface area contributed by atoms with Gasteiger partial charge >= 0.3 is 6.09 Å². The molecule has 11 nitrogen and oxygen atoms in total. The smallest absolute Gasteiger partial charge is 0.410 e. The number of para-hydroxylation sites is 1. The molecule has 2 amide bonds. The van der Waals surface area contributed by atoms with E-state index in [9.17, 15) is 9.59 Å². The van der Waals surface area contributed by atoms with Crippen LogP contribution in [0.5, 0.6) is 0 Å². The molecule has 0 N–H and O–H groups in total. The molecule has 5 heterocycles.